The van der Waals surface area contributed by atoms with Crippen molar-refractivity contribution in [3.63, 3.8) is 0 Å². The van der Waals surface area contributed by atoms with Crippen LogP contribution in [-0.2, 0) is 19.4 Å². The van der Waals surface area contributed by atoms with Crippen molar-refractivity contribution in [2.24, 2.45) is 5.92 Å². The third-order valence-electron chi connectivity index (χ3n) is 6.85. The molecule has 1 atom stereocenters. The molecular formula is C25H31N3O6S. The summed E-state index contributed by atoms with van der Waals surface area (Å²) in [5, 5.41) is 0.0791. The molecule has 35 heavy (non-hydrogen) atoms. The van der Waals surface area contributed by atoms with E-state index in [1.54, 1.807) is 25.3 Å². The number of benzene rings is 1. The third-order valence-corrected chi connectivity index (χ3v) is 8.49. The predicted molar refractivity (Wildman–Crippen MR) is 130 cm³/mol. The zero-order chi connectivity index (χ0) is 24.4. The van der Waals surface area contributed by atoms with Gasteiger partial charge in [0.1, 0.15) is 24.2 Å². The number of hydrogen-bond acceptors (Lipinski definition) is 8. The molecule has 10 heteroatoms. The lowest BCUT2D eigenvalue weighted by molar-refractivity contribution is -0.137. The molecule has 5 rings (SSSR count). The fraction of sp³-hybridized carbons (Fsp3) is 0.520. The Kier molecular flexibility index (Phi) is 6.84. The van der Waals surface area contributed by atoms with Crippen LogP contribution in [0, 0.1) is 5.92 Å². The summed E-state index contributed by atoms with van der Waals surface area (Å²) in [6.45, 7) is 5.33. The van der Waals surface area contributed by atoms with Crippen LogP contribution in [0.25, 0.3) is 0 Å². The molecule has 0 unspecified atom stereocenters. The topological polar surface area (TPSA) is 98.3 Å². The van der Waals surface area contributed by atoms with Crippen molar-refractivity contribution in [3.05, 3.63) is 36.5 Å². The number of nitrogens with zero attached hydrogens (tertiary/aromatic N) is 3. The van der Waals surface area contributed by atoms with Crippen molar-refractivity contribution in [1.29, 1.82) is 0 Å². The van der Waals surface area contributed by atoms with Crippen molar-refractivity contribution in [2.75, 3.05) is 50.1 Å². The first-order chi connectivity index (χ1) is 16.9. The number of carbonyl (C=O) groups excluding carboxylic acids is 1. The molecule has 1 aromatic heterocycles. The van der Waals surface area contributed by atoms with Crippen LogP contribution in [0.5, 0.6) is 11.5 Å². The van der Waals surface area contributed by atoms with Crippen LogP contribution in [0.2, 0.25) is 0 Å². The van der Waals surface area contributed by atoms with E-state index in [2.05, 4.69) is 9.88 Å². The highest BCUT2D eigenvalue weighted by Gasteiger charge is 2.33. The van der Waals surface area contributed by atoms with Gasteiger partial charge in [-0.3, -0.25) is 4.79 Å². The Morgan fingerprint density at radius 3 is 2.69 bits per heavy atom. The molecule has 1 aromatic carbocycles. The van der Waals surface area contributed by atoms with Gasteiger partial charge in [0.15, 0.2) is 14.9 Å². The van der Waals surface area contributed by atoms with Crippen LogP contribution >= 0.6 is 0 Å². The van der Waals surface area contributed by atoms with Crippen molar-refractivity contribution >= 4 is 27.1 Å². The average Bonchev–Trinajstić information content (AvgIpc) is 3.37. The first-order valence-electron chi connectivity index (χ1n) is 12.2. The molecule has 3 aliphatic heterocycles. The monoisotopic (exact) mass is 501 g/mol. The molecular weight excluding hydrogens is 470 g/mol. The summed E-state index contributed by atoms with van der Waals surface area (Å²) in [5.74, 6) is 1.73. The molecule has 1 amide bonds. The van der Waals surface area contributed by atoms with Gasteiger partial charge >= 0.3 is 0 Å². The van der Waals surface area contributed by atoms with E-state index in [1.165, 1.54) is 0 Å². The van der Waals surface area contributed by atoms with Crippen molar-refractivity contribution < 1.29 is 27.4 Å². The number of pyridine rings is 1. The number of ether oxygens (including phenoxy) is 3. The van der Waals surface area contributed by atoms with Crippen LogP contribution in [-0.4, -0.2) is 75.5 Å². The number of sulfone groups is 1. The van der Waals surface area contributed by atoms with Gasteiger partial charge in [0, 0.05) is 38.2 Å². The predicted octanol–water partition coefficient (Wildman–Crippen LogP) is 2.81. The number of aromatic nitrogens is 1. The van der Waals surface area contributed by atoms with Gasteiger partial charge in [-0.25, -0.2) is 13.4 Å². The van der Waals surface area contributed by atoms with Gasteiger partial charge in [-0.15, -0.1) is 0 Å². The Labute approximate surface area is 205 Å². The zero-order valence-electron chi connectivity index (χ0n) is 19.9. The summed E-state index contributed by atoms with van der Waals surface area (Å²) in [7, 11) is -3.35. The second-order valence-electron chi connectivity index (χ2n) is 9.09. The van der Waals surface area contributed by atoms with Crippen LogP contribution in [0.3, 0.4) is 0 Å². The van der Waals surface area contributed by atoms with E-state index < -0.39 is 9.84 Å². The normalized spacial score (nSPS) is 20.9. The minimum atomic E-state index is -3.35. The smallest absolute Gasteiger partial charge is 0.225 e. The van der Waals surface area contributed by atoms with E-state index in [4.69, 9.17) is 14.2 Å². The number of rotatable bonds is 6. The highest BCUT2D eigenvalue weighted by molar-refractivity contribution is 7.91. The SMILES string of the molecule is CCS(=O)(=O)c1ccc(N2CCOc3ccc(O[C@H]4CCN(C(=O)C5CCOCC5)C4)cc32)cn1. The Morgan fingerprint density at radius 1 is 1.11 bits per heavy atom. The minimum Gasteiger partial charge on any atom is -0.490 e. The van der Waals surface area contributed by atoms with Crippen molar-refractivity contribution in [3.8, 4) is 11.5 Å². The molecule has 3 aliphatic rings. The van der Waals surface area contributed by atoms with E-state index in [0.717, 1.165) is 36.4 Å². The van der Waals surface area contributed by atoms with Gasteiger partial charge in [-0.2, -0.15) is 0 Å². The maximum absolute atomic E-state index is 12.8. The van der Waals surface area contributed by atoms with Crippen LogP contribution in [0.4, 0.5) is 11.4 Å². The third kappa shape index (κ3) is 5.08. The summed E-state index contributed by atoms with van der Waals surface area (Å²) in [4.78, 5) is 21.0. The van der Waals surface area contributed by atoms with E-state index in [0.29, 0.717) is 45.2 Å². The fourth-order valence-electron chi connectivity index (χ4n) is 4.82. The van der Waals surface area contributed by atoms with E-state index >= 15 is 0 Å². The number of anilines is 2. The molecule has 2 aromatic rings. The van der Waals surface area contributed by atoms with Crippen molar-refractivity contribution in [2.45, 2.75) is 37.3 Å². The van der Waals surface area contributed by atoms with Crippen LogP contribution in [0.1, 0.15) is 26.2 Å². The zero-order valence-corrected chi connectivity index (χ0v) is 20.7. The first-order valence-corrected chi connectivity index (χ1v) is 13.9. The number of fused-ring (bicyclic) bond motifs is 1. The lowest BCUT2D eigenvalue weighted by atomic mass is 9.99. The summed E-state index contributed by atoms with van der Waals surface area (Å²) >= 11 is 0. The summed E-state index contributed by atoms with van der Waals surface area (Å²) in [5.41, 5.74) is 1.63. The number of hydrogen-bond donors (Lipinski definition) is 0. The van der Waals surface area contributed by atoms with Gasteiger partial charge in [0.05, 0.1) is 36.4 Å². The summed E-state index contributed by atoms with van der Waals surface area (Å²) in [6, 6.07) is 9.04. The molecule has 2 fully saturated rings. The standard InChI is InChI=1S/C25H31N3O6S/c1-2-35(30,31)24-6-3-19(16-26-24)28-11-14-33-23-5-4-20(15-22(23)28)34-21-7-10-27(17-21)25(29)18-8-12-32-13-9-18/h3-6,15-16,18,21H,2,7-14,17H2,1H3/t21-/m0/s1. The van der Waals surface area contributed by atoms with Crippen LogP contribution in [0.15, 0.2) is 41.6 Å². The van der Waals surface area contributed by atoms with E-state index in [1.807, 2.05) is 23.1 Å². The lowest BCUT2D eigenvalue weighted by Crippen LogP contribution is -2.38. The van der Waals surface area contributed by atoms with Crippen molar-refractivity contribution in [1.82, 2.24) is 9.88 Å². The number of likely N-dealkylation sites (tertiary alicyclic amines) is 1. The Morgan fingerprint density at radius 2 is 1.94 bits per heavy atom. The molecule has 0 bridgehead atoms. The summed E-state index contributed by atoms with van der Waals surface area (Å²) < 4.78 is 41.7. The van der Waals surface area contributed by atoms with Crippen LogP contribution < -0.4 is 14.4 Å². The van der Waals surface area contributed by atoms with E-state index in [-0.39, 0.29) is 28.7 Å². The number of amides is 1. The van der Waals surface area contributed by atoms with Gasteiger partial charge < -0.3 is 24.0 Å². The number of carbonyl (C=O) groups is 1. The molecule has 188 valence electrons. The highest BCUT2D eigenvalue weighted by Crippen LogP contribution is 2.39. The first kappa shape index (κ1) is 23.9. The molecule has 0 spiro atoms. The largest absolute Gasteiger partial charge is 0.490 e. The Balaban J connectivity index is 1.28. The molecule has 0 saturated carbocycles. The quantitative estimate of drug-likeness (QED) is 0.596. The molecule has 0 radical (unpaired) electrons. The van der Waals surface area contributed by atoms with Gasteiger partial charge in [0.25, 0.3) is 0 Å². The summed E-state index contributed by atoms with van der Waals surface area (Å²) in [6.07, 6.45) is 3.91. The van der Waals surface area contributed by atoms with Gasteiger partial charge in [-0.1, -0.05) is 6.92 Å². The van der Waals surface area contributed by atoms with Gasteiger partial charge in [-0.05, 0) is 37.1 Å². The molecule has 0 N–H and O–H groups in total. The average molecular weight is 502 g/mol. The maximum Gasteiger partial charge on any atom is 0.225 e. The molecule has 4 heterocycles. The fourth-order valence-corrected chi connectivity index (χ4v) is 5.61. The second-order valence-corrected chi connectivity index (χ2v) is 11.3. The minimum absolute atomic E-state index is 0.0136. The lowest BCUT2D eigenvalue weighted by Gasteiger charge is -2.31. The Hall–Kier alpha value is -2.85. The Bertz CT molecular complexity index is 1160. The molecule has 0 aliphatic carbocycles. The second kappa shape index (κ2) is 10.0. The maximum atomic E-state index is 12.8. The highest BCUT2D eigenvalue weighted by atomic mass is 32.2. The molecule has 2 saturated heterocycles. The van der Waals surface area contributed by atoms with Gasteiger partial charge in [0.2, 0.25) is 5.91 Å². The van der Waals surface area contributed by atoms with E-state index in [9.17, 15) is 13.2 Å². The molecule has 9 nitrogen and oxygen atoms in total.